The molecular weight excluding hydrogens is 633 g/mol. The van der Waals surface area contributed by atoms with E-state index >= 15 is 0 Å². The summed E-state index contributed by atoms with van der Waals surface area (Å²) in [6.45, 7) is 12.2. The fourth-order valence-electron chi connectivity index (χ4n) is 8.98. The molecule has 8 nitrogen and oxygen atoms in total. The molecular formula is C40H48N2O6Si. The van der Waals surface area contributed by atoms with Crippen LogP contribution < -0.4 is 20.2 Å². The normalized spacial score (nSPS) is 21.3. The standard InChI is InChI=1S/C40H48N2O6Si/c1-39(2,3)47-37(43)28-9-12-31-34(25-28)40(48-38(31)44)32-13-10-29(41-15-7-19-45-21-17-41)26-35(32)49(23-5-4-6-24-49)36-27-30(11-14-33(36)40)42-16-8-20-46-22-18-42/h9-14,25-27H,4-8,15-24H2,1-3H3. The van der Waals surface area contributed by atoms with Crippen molar-refractivity contribution >= 4 is 41.8 Å². The van der Waals surface area contributed by atoms with Gasteiger partial charge in [-0.3, -0.25) is 0 Å². The van der Waals surface area contributed by atoms with Crippen LogP contribution in [0, 0.1) is 0 Å². The van der Waals surface area contributed by atoms with Gasteiger partial charge in [0, 0.05) is 67.5 Å². The number of ether oxygens (including phenoxy) is 4. The Bertz CT molecular complexity index is 1690. The summed E-state index contributed by atoms with van der Waals surface area (Å²) in [5.74, 6) is -0.761. The Labute approximate surface area is 290 Å². The van der Waals surface area contributed by atoms with Crippen LogP contribution >= 0.6 is 0 Å². The molecule has 258 valence electrons. The smallest absolute Gasteiger partial charge is 0.340 e. The predicted molar refractivity (Wildman–Crippen MR) is 194 cm³/mol. The number of nitrogens with zero attached hydrogens (tertiary/aromatic N) is 2. The first-order valence-electron chi connectivity index (χ1n) is 18.3. The number of hydrogen-bond donors (Lipinski definition) is 0. The highest BCUT2D eigenvalue weighted by molar-refractivity contribution is 7.03. The highest BCUT2D eigenvalue weighted by Gasteiger charge is 2.58. The number of anilines is 2. The SMILES string of the molecule is CC(C)(C)OC(=O)c1ccc2c(c1)C1(OC2=O)c2ccc(N3CCCOCC3)cc2[Si]2(CCCCC2)c2cc(N3CCCOCC3)ccc21. The molecule has 0 saturated carbocycles. The van der Waals surface area contributed by atoms with E-state index in [-0.39, 0.29) is 5.97 Å². The highest BCUT2D eigenvalue weighted by Crippen LogP contribution is 2.51. The van der Waals surface area contributed by atoms with E-state index in [2.05, 4.69) is 46.2 Å². The average Bonchev–Trinajstić information content (AvgIpc) is 3.39. The molecule has 5 aliphatic heterocycles. The summed E-state index contributed by atoms with van der Waals surface area (Å²) in [4.78, 5) is 32.4. The largest absolute Gasteiger partial charge is 0.456 e. The van der Waals surface area contributed by atoms with Crippen molar-refractivity contribution in [1.29, 1.82) is 0 Å². The minimum Gasteiger partial charge on any atom is -0.456 e. The van der Waals surface area contributed by atoms with Crippen LogP contribution in [-0.4, -0.2) is 78.2 Å². The second-order valence-electron chi connectivity index (χ2n) is 15.3. The maximum Gasteiger partial charge on any atom is 0.340 e. The number of hydrogen-bond acceptors (Lipinski definition) is 8. The third-order valence-corrected chi connectivity index (χ3v) is 16.5. The van der Waals surface area contributed by atoms with Crippen molar-refractivity contribution in [2.45, 2.75) is 76.2 Å². The molecule has 9 heteroatoms. The lowest BCUT2D eigenvalue weighted by Gasteiger charge is -2.48. The number of fused-ring (bicyclic) bond motifs is 8. The van der Waals surface area contributed by atoms with E-state index in [1.807, 2.05) is 26.8 Å². The summed E-state index contributed by atoms with van der Waals surface area (Å²) >= 11 is 0. The van der Waals surface area contributed by atoms with Crippen LogP contribution in [-0.2, 0) is 24.5 Å². The summed E-state index contributed by atoms with van der Waals surface area (Å²) in [7, 11) is -2.33. The highest BCUT2D eigenvalue weighted by atomic mass is 28.3. The molecule has 49 heavy (non-hydrogen) atoms. The van der Waals surface area contributed by atoms with E-state index in [0.717, 1.165) is 68.9 Å². The maximum atomic E-state index is 14.0. The lowest BCUT2D eigenvalue weighted by atomic mass is 9.78. The zero-order valence-electron chi connectivity index (χ0n) is 29.1. The van der Waals surface area contributed by atoms with Crippen molar-refractivity contribution in [2.75, 3.05) is 62.4 Å². The first kappa shape index (κ1) is 32.5. The lowest BCUT2D eigenvalue weighted by Crippen LogP contribution is -2.67. The third kappa shape index (κ3) is 5.58. The molecule has 0 amide bonds. The van der Waals surface area contributed by atoms with E-state index in [0.29, 0.717) is 24.3 Å². The van der Waals surface area contributed by atoms with E-state index in [4.69, 9.17) is 18.9 Å². The maximum absolute atomic E-state index is 14.0. The Morgan fingerprint density at radius 2 is 1.31 bits per heavy atom. The molecule has 3 aromatic carbocycles. The van der Waals surface area contributed by atoms with Crippen molar-refractivity contribution in [3.8, 4) is 0 Å². The van der Waals surface area contributed by atoms with Gasteiger partial charge in [0.1, 0.15) is 13.7 Å². The summed E-state index contributed by atoms with van der Waals surface area (Å²) < 4.78 is 24.3. The van der Waals surface area contributed by atoms with Crippen molar-refractivity contribution in [3.63, 3.8) is 0 Å². The van der Waals surface area contributed by atoms with Gasteiger partial charge < -0.3 is 28.7 Å². The fourth-order valence-corrected chi connectivity index (χ4v) is 14.7. The van der Waals surface area contributed by atoms with Gasteiger partial charge in [0.25, 0.3) is 0 Å². The van der Waals surface area contributed by atoms with Crippen LogP contribution in [0.5, 0.6) is 0 Å². The van der Waals surface area contributed by atoms with Crippen LogP contribution in [0.15, 0.2) is 54.6 Å². The number of carbonyl (C=O) groups excluding carboxylic acids is 2. The molecule has 0 bridgehead atoms. The summed E-state index contributed by atoms with van der Waals surface area (Å²) in [5, 5.41) is 2.75. The van der Waals surface area contributed by atoms with Gasteiger partial charge in [-0.1, -0.05) is 31.4 Å². The Balaban J connectivity index is 1.37. The first-order valence-corrected chi connectivity index (χ1v) is 20.7. The van der Waals surface area contributed by atoms with Crippen LogP contribution in [0.25, 0.3) is 0 Å². The minimum absolute atomic E-state index is 0.355. The number of benzene rings is 3. The second kappa shape index (κ2) is 12.6. The van der Waals surface area contributed by atoms with Crippen molar-refractivity contribution in [2.24, 2.45) is 0 Å². The van der Waals surface area contributed by atoms with Crippen LogP contribution in [0.4, 0.5) is 11.4 Å². The van der Waals surface area contributed by atoms with Gasteiger partial charge in [-0.25, -0.2) is 9.59 Å². The van der Waals surface area contributed by atoms with Gasteiger partial charge in [-0.2, -0.15) is 0 Å². The molecule has 3 fully saturated rings. The monoisotopic (exact) mass is 680 g/mol. The van der Waals surface area contributed by atoms with Gasteiger partial charge in [0.05, 0.1) is 24.3 Å². The fraction of sp³-hybridized carbons (Fsp3) is 0.500. The van der Waals surface area contributed by atoms with Crippen LogP contribution in [0.3, 0.4) is 0 Å². The van der Waals surface area contributed by atoms with Gasteiger partial charge in [0.2, 0.25) is 0 Å². The molecule has 5 aliphatic rings. The lowest BCUT2D eigenvalue weighted by molar-refractivity contribution is 0.00692. The van der Waals surface area contributed by atoms with E-state index < -0.39 is 25.2 Å². The third-order valence-electron chi connectivity index (χ3n) is 11.2. The Morgan fingerprint density at radius 3 is 1.88 bits per heavy atom. The molecule has 0 aliphatic carbocycles. The van der Waals surface area contributed by atoms with Gasteiger partial charge >= 0.3 is 11.9 Å². The zero-order valence-corrected chi connectivity index (χ0v) is 30.1. The number of esters is 2. The minimum atomic E-state index is -2.33. The van der Waals surface area contributed by atoms with Crippen molar-refractivity contribution in [1.82, 2.24) is 0 Å². The van der Waals surface area contributed by atoms with Crippen LogP contribution in [0.2, 0.25) is 12.1 Å². The topological polar surface area (TPSA) is 77.5 Å². The van der Waals surface area contributed by atoms with Gasteiger partial charge in [0.15, 0.2) is 5.60 Å². The quantitative estimate of drug-likeness (QED) is 0.261. The molecule has 0 radical (unpaired) electrons. The number of rotatable bonds is 3. The molecule has 0 N–H and O–H groups in total. The van der Waals surface area contributed by atoms with Crippen molar-refractivity contribution in [3.05, 3.63) is 82.4 Å². The number of carbonyl (C=O) groups is 2. The summed E-state index contributed by atoms with van der Waals surface area (Å²) in [5.41, 5.74) is 4.41. The molecule has 2 spiro atoms. The summed E-state index contributed by atoms with van der Waals surface area (Å²) in [6.07, 6.45) is 5.62. The molecule has 3 aromatic rings. The zero-order chi connectivity index (χ0) is 33.8. The Hall–Kier alpha value is -3.66. The van der Waals surface area contributed by atoms with Crippen molar-refractivity contribution < 1.29 is 28.5 Å². The molecule has 3 saturated heterocycles. The van der Waals surface area contributed by atoms with Gasteiger partial charge in [-0.15, -0.1) is 0 Å². The summed E-state index contributed by atoms with van der Waals surface area (Å²) in [6, 6.07) is 21.5. The molecule has 0 unspecified atom stereocenters. The van der Waals surface area contributed by atoms with Crippen LogP contribution in [0.1, 0.15) is 90.3 Å². The first-order chi connectivity index (χ1) is 23.7. The Morgan fingerprint density at radius 1 is 0.714 bits per heavy atom. The molecule has 0 aromatic heterocycles. The van der Waals surface area contributed by atoms with E-state index in [9.17, 15) is 9.59 Å². The van der Waals surface area contributed by atoms with Gasteiger partial charge in [-0.05, 0) is 98.5 Å². The molecule has 5 heterocycles. The Kier molecular flexibility index (Phi) is 8.36. The van der Waals surface area contributed by atoms with E-state index in [1.165, 1.54) is 53.1 Å². The van der Waals surface area contributed by atoms with E-state index in [1.54, 1.807) is 12.1 Å². The average molecular weight is 681 g/mol. The second-order valence-corrected chi connectivity index (χ2v) is 19.6. The molecule has 8 rings (SSSR count). The molecule has 0 atom stereocenters. The predicted octanol–water partition coefficient (Wildman–Crippen LogP) is 5.62.